The smallest absolute Gasteiger partial charge is 0.550 e. The number of fused-ring (bicyclic) bond motifs is 3. The van der Waals surface area contributed by atoms with E-state index >= 15 is 0 Å². The van der Waals surface area contributed by atoms with Gasteiger partial charge in [-0.3, -0.25) is 0 Å². The van der Waals surface area contributed by atoms with Crippen LogP contribution in [-0.2, 0) is 11.2 Å². The Balaban J connectivity index is 0.00000306. The maximum Gasteiger partial charge on any atom is 1.00 e. The molecule has 2 aliphatic rings. The Kier molecular flexibility index (Phi) is 8.30. The van der Waals surface area contributed by atoms with Crippen molar-refractivity contribution in [1.82, 2.24) is 0 Å². The Morgan fingerprint density at radius 2 is 1.97 bits per heavy atom. The number of aliphatic hydroxyl groups excluding tert-OH is 2. The molecule has 33 heavy (non-hydrogen) atoms. The first-order valence-corrected chi connectivity index (χ1v) is 11.0. The third kappa shape index (κ3) is 5.64. The van der Waals surface area contributed by atoms with Crippen LogP contribution in [0.5, 0.6) is 11.5 Å². The molecule has 5 atom stereocenters. The summed E-state index contributed by atoms with van der Waals surface area (Å²) in [6.45, 7) is 3.64. The number of carbonyl (C=O) groups excluding carboxylic acids is 1. The van der Waals surface area contributed by atoms with E-state index in [1.807, 2.05) is 68.5 Å². The Labute approximate surface area is 216 Å². The van der Waals surface area contributed by atoms with Crippen molar-refractivity contribution < 1.29 is 59.1 Å². The van der Waals surface area contributed by atoms with Crippen LogP contribution < -0.4 is 44.1 Å². The van der Waals surface area contributed by atoms with Crippen LogP contribution in [0.3, 0.4) is 0 Å². The van der Waals surface area contributed by atoms with Crippen LogP contribution in [-0.4, -0.2) is 40.1 Å². The predicted octanol–water partition coefficient (Wildman–Crippen LogP) is -0.627. The molecule has 0 spiro atoms. The van der Waals surface area contributed by atoms with Gasteiger partial charge in [-0.2, -0.15) is 0 Å². The monoisotopic (exact) mass is 460 g/mol. The summed E-state index contributed by atoms with van der Waals surface area (Å²) in [5.74, 6) is 0.0335. The summed E-state index contributed by atoms with van der Waals surface area (Å²) in [7, 11) is 0. The van der Waals surface area contributed by atoms with Crippen molar-refractivity contribution in [3.8, 4) is 11.5 Å². The number of para-hydroxylation sites is 2. The molecule has 0 amide bonds. The molecule has 6 nitrogen and oxygen atoms in total. The summed E-state index contributed by atoms with van der Waals surface area (Å²) in [4.78, 5) is 10.9. The number of rotatable bonds is 8. The van der Waals surface area contributed by atoms with Crippen molar-refractivity contribution in [2.45, 2.75) is 62.9 Å². The van der Waals surface area contributed by atoms with Gasteiger partial charge in [-0.25, -0.2) is 0 Å². The molecule has 2 N–H and O–H groups in total. The number of carboxylic acids is 1. The Hall–Kier alpha value is -1.83. The van der Waals surface area contributed by atoms with Gasteiger partial charge in [0.15, 0.2) is 0 Å². The van der Waals surface area contributed by atoms with Gasteiger partial charge in [-0.1, -0.05) is 48.6 Å². The van der Waals surface area contributed by atoms with E-state index in [2.05, 4.69) is 0 Å². The zero-order valence-corrected chi connectivity index (χ0v) is 21.3. The largest absolute Gasteiger partial charge is 1.00 e. The molecule has 0 radical (unpaired) electrons. The standard InChI is InChI=1S/C26H30O6.Na/c1-26(2,32-17-8-4-3-5-9-17)22(28)13-12-18-20(27)15-21-24(18)19-10-6-7-16(25(19)31-21)11-14-23(29)30;/h3-10,12-13,18,20-22,24,27-28H,11,14-15H2,1-2H3,(H,29,30);/q;+1/p-1/b13-12+;/t18-,20?,21?,22?,24?;/m0./s1. The van der Waals surface area contributed by atoms with E-state index in [0.717, 1.165) is 16.9 Å². The van der Waals surface area contributed by atoms with Gasteiger partial charge < -0.3 is 29.6 Å². The third-order valence-corrected chi connectivity index (χ3v) is 6.44. The number of aryl methyl sites for hydroxylation is 1. The molecule has 0 aromatic heterocycles. The number of hydrogen-bond donors (Lipinski definition) is 2. The van der Waals surface area contributed by atoms with Crippen LogP contribution in [0.2, 0.25) is 0 Å². The summed E-state index contributed by atoms with van der Waals surface area (Å²) in [5, 5.41) is 32.4. The van der Waals surface area contributed by atoms with E-state index in [0.29, 0.717) is 18.6 Å². The molecule has 1 fully saturated rings. The van der Waals surface area contributed by atoms with E-state index in [1.165, 1.54) is 0 Å². The average Bonchev–Trinajstić information content (AvgIpc) is 3.25. The zero-order valence-electron chi connectivity index (χ0n) is 19.3. The topological polar surface area (TPSA) is 99.1 Å². The molecular weight excluding hydrogens is 431 g/mol. The minimum atomic E-state index is -1.09. The van der Waals surface area contributed by atoms with Crippen LogP contribution in [0.15, 0.2) is 60.7 Å². The summed E-state index contributed by atoms with van der Waals surface area (Å²) >= 11 is 0. The van der Waals surface area contributed by atoms with E-state index < -0.39 is 23.8 Å². The van der Waals surface area contributed by atoms with Gasteiger partial charge in [-0.05, 0) is 44.4 Å². The van der Waals surface area contributed by atoms with Crippen molar-refractivity contribution in [1.29, 1.82) is 0 Å². The number of carbonyl (C=O) groups is 1. The zero-order chi connectivity index (χ0) is 22.9. The molecule has 170 valence electrons. The fraction of sp³-hybridized carbons (Fsp3) is 0.423. The molecule has 1 aliphatic carbocycles. The first kappa shape index (κ1) is 25.8. The van der Waals surface area contributed by atoms with Gasteiger partial charge in [0.05, 0.1) is 6.10 Å². The fourth-order valence-corrected chi connectivity index (χ4v) is 4.72. The molecule has 7 heteroatoms. The van der Waals surface area contributed by atoms with Crippen LogP contribution in [0.4, 0.5) is 0 Å². The summed E-state index contributed by atoms with van der Waals surface area (Å²) in [5.41, 5.74) is 0.963. The number of hydrogen-bond acceptors (Lipinski definition) is 6. The second kappa shape index (κ2) is 10.6. The van der Waals surface area contributed by atoms with Crippen molar-refractivity contribution in [3.05, 3.63) is 71.8 Å². The SMILES string of the molecule is CC(C)(Oc1ccccc1)C(O)/C=C/[C@H]1C(O)CC2Oc3c(CCC(=O)[O-])cccc3C21.[Na+]. The maximum atomic E-state index is 10.9. The number of carboxylic acid groups (broad SMARTS) is 1. The van der Waals surface area contributed by atoms with Crippen molar-refractivity contribution >= 4 is 5.97 Å². The molecular formula is C26H29NaO6. The molecule has 4 unspecified atom stereocenters. The molecule has 2 aromatic carbocycles. The number of benzene rings is 2. The molecule has 0 bridgehead atoms. The van der Waals surface area contributed by atoms with E-state index in [4.69, 9.17) is 9.47 Å². The predicted molar refractivity (Wildman–Crippen MR) is 117 cm³/mol. The van der Waals surface area contributed by atoms with Crippen molar-refractivity contribution in [2.24, 2.45) is 5.92 Å². The fourth-order valence-electron chi connectivity index (χ4n) is 4.72. The van der Waals surface area contributed by atoms with Crippen LogP contribution in [0, 0.1) is 5.92 Å². The van der Waals surface area contributed by atoms with Gasteiger partial charge in [0.1, 0.15) is 29.3 Å². The van der Waals surface area contributed by atoms with Gasteiger partial charge in [0.25, 0.3) is 0 Å². The van der Waals surface area contributed by atoms with E-state index in [1.54, 1.807) is 6.08 Å². The third-order valence-electron chi connectivity index (χ3n) is 6.44. The van der Waals surface area contributed by atoms with Crippen LogP contribution >= 0.6 is 0 Å². The maximum absolute atomic E-state index is 10.9. The first-order valence-electron chi connectivity index (χ1n) is 11.0. The molecule has 1 saturated carbocycles. The number of ether oxygens (including phenoxy) is 2. The van der Waals surface area contributed by atoms with E-state index in [-0.39, 0.29) is 53.9 Å². The normalized spacial score (nSPS) is 24.5. The number of aliphatic hydroxyl groups is 2. The van der Waals surface area contributed by atoms with Gasteiger partial charge in [-0.15, -0.1) is 0 Å². The summed E-state index contributed by atoms with van der Waals surface area (Å²) in [6, 6.07) is 15.1. The van der Waals surface area contributed by atoms with E-state index in [9.17, 15) is 20.1 Å². The van der Waals surface area contributed by atoms with Crippen LogP contribution in [0.25, 0.3) is 0 Å². The Morgan fingerprint density at radius 3 is 2.67 bits per heavy atom. The van der Waals surface area contributed by atoms with Gasteiger partial charge >= 0.3 is 29.6 Å². The minimum Gasteiger partial charge on any atom is -0.550 e. The van der Waals surface area contributed by atoms with Gasteiger partial charge in [0.2, 0.25) is 0 Å². The molecule has 1 aliphatic heterocycles. The first-order chi connectivity index (χ1) is 15.3. The second-order valence-corrected chi connectivity index (χ2v) is 9.12. The Bertz CT molecular complexity index is 990. The molecule has 4 rings (SSSR count). The van der Waals surface area contributed by atoms with Crippen molar-refractivity contribution in [2.75, 3.05) is 0 Å². The molecule has 1 heterocycles. The summed E-state index contributed by atoms with van der Waals surface area (Å²) in [6.07, 6.45) is 2.66. The quantitative estimate of drug-likeness (QED) is 0.402. The Morgan fingerprint density at radius 1 is 1.24 bits per heavy atom. The minimum absolute atomic E-state index is 0. The second-order valence-electron chi connectivity index (χ2n) is 9.12. The van der Waals surface area contributed by atoms with Crippen LogP contribution in [0.1, 0.15) is 43.7 Å². The molecule has 0 saturated heterocycles. The molecule has 2 aromatic rings. The average molecular weight is 461 g/mol. The van der Waals surface area contributed by atoms with Gasteiger partial charge in [0, 0.05) is 29.8 Å². The number of aliphatic carboxylic acids is 1. The summed E-state index contributed by atoms with van der Waals surface area (Å²) < 4.78 is 12.1. The van der Waals surface area contributed by atoms with Crippen molar-refractivity contribution in [3.63, 3.8) is 0 Å².